The van der Waals surface area contributed by atoms with Crippen LogP contribution in [0.15, 0.2) is 0 Å². The second-order valence-electron chi connectivity index (χ2n) is 7.37. The second kappa shape index (κ2) is 7.05. The van der Waals surface area contributed by atoms with Crippen LogP contribution in [0.4, 0.5) is 0 Å². The molecule has 0 bridgehead atoms. The fourth-order valence-corrected chi connectivity index (χ4v) is 2.74. The van der Waals surface area contributed by atoms with Gasteiger partial charge in [-0.2, -0.15) is 0 Å². The van der Waals surface area contributed by atoms with Crippen LogP contribution in [0.1, 0.15) is 54.4 Å². The van der Waals surface area contributed by atoms with Gasteiger partial charge in [0.15, 0.2) is 0 Å². The number of rotatable bonds is 6. The Kier molecular flexibility index (Phi) is 6.28. The number of ether oxygens (including phenoxy) is 1. The monoisotopic (exact) mass is 270 g/mol. The van der Waals surface area contributed by atoms with Crippen LogP contribution in [-0.4, -0.2) is 49.3 Å². The molecule has 0 spiro atoms. The number of nitrogens with one attached hydrogen (secondary N) is 1. The van der Waals surface area contributed by atoms with Gasteiger partial charge in [0.2, 0.25) is 0 Å². The quantitative estimate of drug-likeness (QED) is 0.803. The lowest BCUT2D eigenvalue weighted by atomic mass is 9.78. The largest absolute Gasteiger partial charge is 0.381 e. The van der Waals surface area contributed by atoms with E-state index in [2.05, 4.69) is 51.8 Å². The average molecular weight is 270 g/mol. The van der Waals surface area contributed by atoms with Gasteiger partial charge >= 0.3 is 0 Å². The first-order valence-corrected chi connectivity index (χ1v) is 7.85. The highest BCUT2D eigenvalue weighted by molar-refractivity contribution is 4.89. The van der Waals surface area contributed by atoms with E-state index < -0.39 is 0 Å². The molecule has 1 saturated heterocycles. The highest BCUT2D eigenvalue weighted by atomic mass is 16.5. The van der Waals surface area contributed by atoms with E-state index in [0.29, 0.717) is 11.5 Å². The Labute approximate surface area is 120 Å². The first-order valence-electron chi connectivity index (χ1n) is 7.85. The topological polar surface area (TPSA) is 24.5 Å². The third-order valence-electron chi connectivity index (χ3n) is 4.22. The van der Waals surface area contributed by atoms with Gasteiger partial charge in [0, 0.05) is 37.9 Å². The van der Waals surface area contributed by atoms with Crippen molar-refractivity contribution in [2.24, 2.45) is 5.41 Å². The van der Waals surface area contributed by atoms with Gasteiger partial charge in [0.05, 0.1) is 0 Å². The van der Waals surface area contributed by atoms with E-state index in [1.165, 1.54) is 19.4 Å². The summed E-state index contributed by atoms with van der Waals surface area (Å²) in [7, 11) is 0. The zero-order chi connectivity index (χ0) is 14.5. The minimum atomic E-state index is 0.195. The van der Waals surface area contributed by atoms with Crippen molar-refractivity contribution in [3.05, 3.63) is 0 Å². The predicted octanol–water partition coefficient (Wildman–Crippen LogP) is 2.90. The summed E-state index contributed by atoms with van der Waals surface area (Å²) in [5.74, 6) is 0. The summed E-state index contributed by atoms with van der Waals surface area (Å²) in [6.07, 6.45) is 2.36. The molecular formula is C16H34N2O. The Bertz CT molecular complexity index is 252. The molecule has 0 aromatic carbocycles. The van der Waals surface area contributed by atoms with E-state index in [1.807, 2.05) is 0 Å². The standard InChI is InChI=1S/C16H34N2O/c1-7-18(14(2)3)13-16(8-10-19-11-9-16)12-17-15(4,5)6/h14,17H,7-13H2,1-6H3. The molecule has 1 aliphatic rings. The maximum atomic E-state index is 5.59. The Morgan fingerprint density at radius 2 is 1.79 bits per heavy atom. The summed E-state index contributed by atoms with van der Waals surface area (Å²) in [6.45, 7) is 18.9. The van der Waals surface area contributed by atoms with Crippen LogP contribution in [0.25, 0.3) is 0 Å². The van der Waals surface area contributed by atoms with Gasteiger partial charge in [0.1, 0.15) is 0 Å². The van der Waals surface area contributed by atoms with E-state index in [9.17, 15) is 0 Å². The van der Waals surface area contributed by atoms with Crippen LogP contribution in [-0.2, 0) is 4.74 Å². The van der Waals surface area contributed by atoms with E-state index >= 15 is 0 Å². The third kappa shape index (κ3) is 5.80. The molecule has 1 aliphatic heterocycles. The molecule has 114 valence electrons. The van der Waals surface area contributed by atoms with Crippen molar-refractivity contribution >= 4 is 0 Å². The molecule has 0 saturated carbocycles. The minimum absolute atomic E-state index is 0.195. The number of nitrogens with zero attached hydrogens (tertiary/aromatic N) is 1. The molecule has 19 heavy (non-hydrogen) atoms. The van der Waals surface area contributed by atoms with Gasteiger partial charge in [-0.15, -0.1) is 0 Å². The molecule has 0 amide bonds. The van der Waals surface area contributed by atoms with Gasteiger partial charge in [-0.1, -0.05) is 6.92 Å². The summed E-state index contributed by atoms with van der Waals surface area (Å²) in [4.78, 5) is 2.59. The zero-order valence-electron chi connectivity index (χ0n) is 13.9. The highest BCUT2D eigenvalue weighted by Gasteiger charge is 2.35. The minimum Gasteiger partial charge on any atom is -0.381 e. The Hall–Kier alpha value is -0.120. The van der Waals surface area contributed by atoms with Crippen LogP contribution in [0.5, 0.6) is 0 Å². The van der Waals surface area contributed by atoms with Crippen LogP contribution < -0.4 is 5.32 Å². The molecule has 0 aliphatic carbocycles. The van der Waals surface area contributed by atoms with E-state index in [1.54, 1.807) is 0 Å². The Balaban J connectivity index is 2.69. The van der Waals surface area contributed by atoms with Crippen molar-refractivity contribution in [1.82, 2.24) is 10.2 Å². The smallest absolute Gasteiger partial charge is 0.0472 e. The van der Waals surface area contributed by atoms with Crippen LogP contribution in [0.3, 0.4) is 0 Å². The molecule has 0 unspecified atom stereocenters. The maximum Gasteiger partial charge on any atom is 0.0472 e. The fraction of sp³-hybridized carbons (Fsp3) is 1.00. The predicted molar refractivity (Wildman–Crippen MR) is 82.6 cm³/mol. The van der Waals surface area contributed by atoms with Crippen molar-refractivity contribution in [2.45, 2.75) is 66.0 Å². The normalized spacial score (nSPS) is 20.2. The maximum absolute atomic E-state index is 5.59. The molecule has 3 heteroatoms. The Morgan fingerprint density at radius 3 is 2.21 bits per heavy atom. The highest BCUT2D eigenvalue weighted by Crippen LogP contribution is 2.32. The zero-order valence-corrected chi connectivity index (χ0v) is 13.9. The molecule has 1 rings (SSSR count). The lowest BCUT2D eigenvalue weighted by molar-refractivity contribution is -0.0111. The van der Waals surface area contributed by atoms with Crippen molar-refractivity contribution in [3.8, 4) is 0 Å². The molecule has 0 aromatic rings. The third-order valence-corrected chi connectivity index (χ3v) is 4.22. The van der Waals surface area contributed by atoms with Crippen LogP contribution in [0, 0.1) is 5.41 Å². The summed E-state index contributed by atoms with van der Waals surface area (Å²) < 4.78 is 5.59. The van der Waals surface area contributed by atoms with Gasteiger partial charge in [0.25, 0.3) is 0 Å². The summed E-state index contributed by atoms with van der Waals surface area (Å²) in [5.41, 5.74) is 0.575. The average Bonchev–Trinajstić information content (AvgIpc) is 2.34. The van der Waals surface area contributed by atoms with Gasteiger partial charge in [-0.25, -0.2) is 0 Å². The van der Waals surface area contributed by atoms with Crippen LogP contribution in [0.2, 0.25) is 0 Å². The van der Waals surface area contributed by atoms with Gasteiger partial charge < -0.3 is 15.0 Å². The Morgan fingerprint density at radius 1 is 1.21 bits per heavy atom. The lowest BCUT2D eigenvalue weighted by Gasteiger charge is -2.43. The first-order chi connectivity index (χ1) is 8.78. The molecule has 0 radical (unpaired) electrons. The summed E-state index contributed by atoms with van der Waals surface area (Å²) in [6, 6.07) is 0.624. The number of hydrogen-bond donors (Lipinski definition) is 1. The van der Waals surface area contributed by atoms with Crippen molar-refractivity contribution < 1.29 is 4.74 Å². The molecule has 3 nitrogen and oxygen atoms in total. The molecular weight excluding hydrogens is 236 g/mol. The van der Waals surface area contributed by atoms with Gasteiger partial charge in [-0.3, -0.25) is 0 Å². The van der Waals surface area contributed by atoms with E-state index in [-0.39, 0.29) is 5.54 Å². The van der Waals surface area contributed by atoms with E-state index in [0.717, 1.165) is 26.3 Å². The summed E-state index contributed by atoms with van der Waals surface area (Å²) in [5, 5.41) is 3.72. The fourth-order valence-electron chi connectivity index (χ4n) is 2.74. The van der Waals surface area contributed by atoms with Crippen LogP contribution >= 0.6 is 0 Å². The summed E-state index contributed by atoms with van der Waals surface area (Å²) >= 11 is 0. The van der Waals surface area contributed by atoms with E-state index in [4.69, 9.17) is 4.74 Å². The molecule has 0 aromatic heterocycles. The molecule has 1 heterocycles. The lowest BCUT2D eigenvalue weighted by Crippen LogP contribution is -2.52. The van der Waals surface area contributed by atoms with Crippen molar-refractivity contribution in [3.63, 3.8) is 0 Å². The van der Waals surface area contributed by atoms with Gasteiger partial charge in [-0.05, 0) is 59.4 Å². The SMILES string of the molecule is CCN(CC1(CNC(C)(C)C)CCOCC1)C(C)C. The second-order valence-corrected chi connectivity index (χ2v) is 7.37. The first kappa shape index (κ1) is 16.9. The van der Waals surface area contributed by atoms with Crippen molar-refractivity contribution in [2.75, 3.05) is 32.8 Å². The number of hydrogen-bond acceptors (Lipinski definition) is 3. The molecule has 0 atom stereocenters. The molecule has 1 fully saturated rings. The van der Waals surface area contributed by atoms with Crippen molar-refractivity contribution in [1.29, 1.82) is 0 Å². The molecule has 1 N–H and O–H groups in total.